The second kappa shape index (κ2) is 8.02. The summed E-state index contributed by atoms with van der Waals surface area (Å²) in [6.07, 6.45) is -1.04. The number of ether oxygens (including phenoxy) is 4. The number of carbonyl (C=O) groups is 3. The number of H-pyrrole nitrogens is 1. The lowest BCUT2D eigenvalue weighted by Crippen LogP contribution is -2.40. The summed E-state index contributed by atoms with van der Waals surface area (Å²) in [6.45, 7) is 3.47. The minimum absolute atomic E-state index is 0.202. The molecule has 0 aliphatic carbocycles. The van der Waals surface area contributed by atoms with Crippen LogP contribution >= 0.6 is 12.2 Å². The van der Waals surface area contributed by atoms with Gasteiger partial charge in [0.2, 0.25) is 0 Å². The quantitative estimate of drug-likeness (QED) is 0.428. The Bertz CT molecular complexity index is 971. The van der Waals surface area contributed by atoms with E-state index in [-0.39, 0.29) is 11.4 Å². The molecule has 3 heterocycles. The molecule has 0 aromatic carbocycles. The number of fused-ring (bicyclic) bond motifs is 1. The van der Waals surface area contributed by atoms with Crippen molar-refractivity contribution in [3.63, 3.8) is 0 Å². The molecule has 1 saturated heterocycles. The second-order valence-corrected chi connectivity index (χ2v) is 6.46. The lowest BCUT2D eigenvalue weighted by molar-refractivity contribution is -0.166. The van der Waals surface area contributed by atoms with Gasteiger partial charge in [-0.15, -0.1) is 0 Å². The summed E-state index contributed by atoms with van der Waals surface area (Å²) in [5.74, 6) is -1.75. The molecule has 0 bridgehead atoms. The topological polar surface area (TPSA) is 135 Å². The first-order chi connectivity index (χ1) is 13.3. The standard InChI is InChI=1S/C16H18N4O7S/c1-7(21)24-5-11-12(25-8(2)22)13(26-9(3)23)15(27-11)20-14-10(19-16(20)28)4-17-6-18-14/h4,6,11-13,15H,5H2,1-3H3,(H,19,28)/t11-,12-,13-,15-/m1/s1. The molecule has 2 aromatic rings. The van der Waals surface area contributed by atoms with Crippen molar-refractivity contribution in [2.45, 2.75) is 45.3 Å². The Morgan fingerprint density at radius 3 is 2.50 bits per heavy atom. The first kappa shape index (κ1) is 19.9. The average Bonchev–Trinajstić information content (AvgIpc) is 3.09. The van der Waals surface area contributed by atoms with E-state index in [9.17, 15) is 14.4 Å². The van der Waals surface area contributed by atoms with E-state index in [0.29, 0.717) is 11.2 Å². The molecule has 1 aliphatic heterocycles. The SMILES string of the molecule is CC(=O)OC[C@H]1O[C@@H](n2c(=S)[nH]c3cncnc32)[C@H](OC(C)=O)[C@@H]1OC(C)=O. The number of aromatic amines is 1. The molecule has 1 N–H and O–H groups in total. The fourth-order valence-electron chi connectivity index (χ4n) is 3.01. The minimum Gasteiger partial charge on any atom is -0.463 e. The van der Waals surface area contributed by atoms with Crippen LogP contribution in [0, 0.1) is 4.77 Å². The molecule has 150 valence electrons. The summed E-state index contributed by atoms with van der Waals surface area (Å²) in [6, 6.07) is 0. The monoisotopic (exact) mass is 410 g/mol. The Hall–Kier alpha value is -2.86. The van der Waals surface area contributed by atoms with Gasteiger partial charge >= 0.3 is 17.9 Å². The highest BCUT2D eigenvalue weighted by Gasteiger charge is 2.51. The van der Waals surface area contributed by atoms with Crippen molar-refractivity contribution in [1.82, 2.24) is 19.5 Å². The normalized spacial score (nSPS) is 24.1. The Morgan fingerprint density at radius 2 is 1.86 bits per heavy atom. The summed E-state index contributed by atoms with van der Waals surface area (Å²) < 4.78 is 23.4. The predicted octanol–water partition coefficient (Wildman–Crippen LogP) is 0.813. The van der Waals surface area contributed by atoms with E-state index >= 15 is 0 Å². The summed E-state index contributed by atoms with van der Waals surface area (Å²) in [5, 5.41) is 0. The molecular formula is C16H18N4O7S. The fraction of sp³-hybridized carbons (Fsp3) is 0.500. The Balaban J connectivity index is 2.05. The highest BCUT2D eigenvalue weighted by molar-refractivity contribution is 7.71. The molecule has 0 spiro atoms. The maximum Gasteiger partial charge on any atom is 0.303 e. The maximum atomic E-state index is 11.7. The molecular weight excluding hydrogens is 392 g/mol. The number of hydrogen-bond acceptors (Lipinski definition) is 10. The van der Waals surface area contributed by atoms with Gasteiger partial charge in [-0.05, 0) is 12.2 Å². The van der Waals surface area contributed by atoms with Gasteiger partial charge in [-0.25, -0.2) is 9.97 Å². The van der Waals surface area contributed by atoms with E-state index in [1.807, 2.05) is 0 Å². The first-order valence-corrected chi connectivity index (χ1v) is 8.72. The number of nitrogens with zero attached hydrogens (tertiary/aromatic N) is 3. The number of rotatable bonds is 5. The van der Waals surface area contributed by atoms with E-state index in [1.165, 1.54) is 37.9 Å². The van der Waals surface area contributed by atoms with E-state index in [4.69, 9.17) is 31.2 Å². The van der Waals surface area contributed by atoms with Crippen LogP contribution in [-0.4, -0.2) is 62.3 Å². The van der Waals surface area contributed by atoms with Gasteiger partial charge in [-0.2, -0.15) is 0 Å². The lowest BCUT2D eigenvalue weighted by atomic mass is 10.1. The summed E-state index contributed by atoms with van der Waals surface area (Å²) in [4.78, 5) is 45.6. The fourth-order valence-corrected chi connectivity index (χ4v) is 3.31. The molecule has 0 saturated carbocycles. The van der Waals surface area contributed by atoms with Gasteiger partial charge in [0.05, 0.1) is 6.20 Å². The van der Waals surface area contributed by atoms with E-state index < -0.39 is 42.4 Å². The van der Waals surface area contributed by atoms with Crippen LogP contribution in [0.15, 0.2) is 12.5 Å². The van der Waals surface area contributed by atoms with Crippen LogP contribution < -0.4 is 0 Å². The van der Waals surface area contributed by atoms with Crippen LogP contribution in [0.2, 0.25) is 0 Å². The zero-order chi connectivity index (χ0) is 20.4. The van der Waals surface area contributed by atoms with Gasteiger partial charge in [-0.1, -0.05) is 0 Å². The number of imidazole rings is 1. The van der Waals surface area contributed by atoms with Crippen molar-refractivity contribution in [1.29, 1.82) is 0 Å². The molecule has 0 radical (unpaired) electrons. The number of aromatic nitrogens is 4. The van der Waals surface area contributed by atoms with E-state index in [0.717, 1.165) is 0 Å². The van der Waals surface area contributed by atoms with Gasteiger partial charge in [0, 0.05) is 20.8 Å². The Labute approximate surface area is 163 Å². The average molecular weight is 410 g/mol. The predicted molar refractivity (Wildman–Crippen MR) is 94.4 cm³/mol. The molecule has 12 heteroatoms. The number of carbonyl (C=O) groups excluding carboxylic acids is 3. The number of hydrogen-bond donors (Lipinski definition) is 1. The molecule has 0 unspecified atom stereocenters. The van der Waals surface area contributed by atoms with Crippen molar-refractivity contribution in [2.75, 3.05) is 6.61 Å². The highest BCUT2D eigenvalue weighted by atomic mass is 32.1. The molecule has 4 atom stereocenters. The van der Waals surface area contributed by atoms with Gasteiger partial charge in [0.15, 0.2) is 28.9 Å². The molecule has 1 aliphatic rings. The third kappa shape index (κ3) is 4.02. The van der Waals surface area contributed by atoms with Gasteiger partial charge in [-0.3, -0.25) is 19.0 Å². The number of nitrogens with one attached hydrogen (secondary N) is 1. The maximum absolute atomic E-state index is 11.7. The minimum atomic E-state index is -1.04. The molecule has 2 aromatic heterocycles. The van der Waals surface area contributed by atoms with Crippen molar-refractivity contribution in [3.05, 3.63) is 17.3 Å². The highest BCUT2D eigenvalue weighted by Crippen LogP contribution is 2.36. The lowest BCUT2D eigenvalue weighted by Gasteiger charge is -2.23. The van der Waals surface area contributed by atoms with E-state index in [1.54, 1.807) is 0 Å². The van der Waals surface area contributed by atoms with Crippen molar-refractivity contribution in [3.8, 4) is 0 Å². The zero-order valence-corrected chi connectivity index (χ0v) is 16.1. The van der Waals surface area contributed by atoms with Crippen molar-refractivity contribution in [2.24, 2.45) is 0 Å². The third-order valence-electron chi connectivity index (χ3n) is 3.97. The Kier molecular flexibility index (Phi) is 5.70. The van der Waals surface area contributed by atoms with Gasteiger partial charge in [0.1, 0.15) is 24.6 Å². The summed E-state index contributed by atoms with van der Waals surface area (Å²) in [7, 11) is 0. The molecule has 3 rings (SSSR count). The smallest absolute Gasteiger partial charge is 0.303 e. The Morgan fingerprint density at radius 1 is 1.18 bits per heavy atom. The van der Waals surface area contributed by atoms with Gasteiger partial charge < -0.3 is 23.9 Å². The van der Waals surface area contributed by atoms with Crippen LogP contribution in [-0.2, 0) is 33.3 Å². The molecule has 28 heavy (non-hydrogen) atoms. The molecule has 11 nitrogen and oxygen atoms in total. The zero-order valence-electron chi connectivity index (χ0n) is 15.3. The van der Waals surface area contributed by atoms with Crippen molar-refractivity contribution >= 4 is 41.3 Å². The van der Waals surface area contributed by atoms with Crippen LogP contribution in [0.5, 0.6) is 0 Å². The third-order valence-corrected chi connectivity index (χ3v) is 4.27. The van der Waals surface area contributed by atoms with Crippen LogP contribution in [0.1, 0.15) is 27.0 Å². The molecule has 0 amide bonds. The van der Waals surface area contributed by atoms with Gasteiger partial charge in [0.25, 0.3) is 0 Å². The largest absolute Gasteiger partial charge is 0.463 e. The van der Waals surface area contributed by atoms with Crippen LogP contribution in [0.25, 0.3) is 11.2 Å². The molecule has 1 fully saturated rings. The number of esters is 3. The first-order valence-electron chi connectivity index (χ1n) is 8.31. The van der Waals surface area contributed by atoms with E-state index in [2.05, 4.69) is 15.0 Å². The van der Waals surface area contributed by atoms with Crippen LogP contribution in [0.4, 0.5) is 0 Å². The van der Waals surface area contributed by atoms with Crippen molar-refractivity contribution < 1.29 is 33.3 Å². The second-order valence-electron chi connectivity index (χ2n) is 6.08. The summed E-state index contributed by atoms with van der Waals surface area (Å²) in [5.41, 5.74) is 0.960. The van der Waals surface area contributed by atoms with Crippen LogP contribution in [0.3, 0.4) is 0 Å². The summed E-state index contributed by atoms with van der Waals surface area (Å²) >= 11 is 5.35.